The summed E-state index contributed by atoms with van der Waals surface area (Å²) in [7, 11) is 0. The van der Waals surface area contributed by atoms with Crippen LogP contribution in [0.15, 0.2) is 36.4 Å². The Morgan fingerprint density at radius 1 is 1.10 bits per heavy atom. The number of halogens is 1. The third-order valence-corrected chi connectivity index (χ3v) is 3.70. The maximum absolute atomic E-state index is 12.9. The molecule has 0 spiro atoms. The zero-order chi connectivity index (χ0) is 14.7. The van der Waals surface area contributed by atoms with E-state index in [-0.39, 0.29) is 5.82 Å². The van der Waals surface area contributed by atoms with Crippen molar-refractivity contribution < 1.29 is 4.39 Å². The SMILES string of the molecule is Nc1ccc(NCc2ccc(F)cc2)nc1N1CCCC1. The van der Waals surface area contributed by atoms with Gasteiger partial charge in [-0.1, -0.05) is 12.1 Å². The highest BCUT2D eigenvalue weighted by atomic mass is 19.1. The van der Waals surface area contributed by atoms with E-state index in [0.29, 0.717) is 12.2 Å². The summed E-state index contributed by atoms with van der Waals surface area (Å²) in [5.74, 6) is 1.42. The number of hydrogen-bond acceptors (Lipinski definition) is 4. The standard InChI is InChI=1S/C16H19FN4/c17-13-5-3-12(4-6-13)11-19-15-8-7-14(18)16(20-15)21-9-1-2-10-21/h3-8H,1-2,9-11,18H2,(H,19,20). The number of nitrogen functional groups attached to an aromatic ring is 1. The highest BCUT2D eigenvalue weighted by molar-refractivity contribution is 5.66. The number of anilines is 3. The predicted molar refractivity (Wildman–Crippen MR) is 83.8 cm³/mol. The minimum absolute atomic E-state index is 0.222. The zero-order valence-corrected chi connectivity index (χ0v) is 11.8. The lowest BCUT2D eigenvalue weighted by Crippen LogP contribution is -2.21. The molecule has 110 valence electrons. The van der Waals surface area contributed by atoms with Crippen LogP contribution in [0.5, 0.6) is 0 Å². The van der Waals surface area contributed by atoms with Crippen molar-refractivity contribution >= 4 is 17.3 Å². The topological polar surface area (TPSA) is 54.2 Å². The largest absolute Gasteiger partial charge is 0.396 e. The van der Waals surface area contributed by atoms with E-state index in [0.717, 1.165) is 30.3 Å². The molecular formula is C16H19FN4. The summed E-state index contributed by atoms with van der Waals surface area (Å²) < 4.78 is 12.9. The molecule has 0 amide bonds. The number of rotatable bonds is 4. The molecule has 1 aromatic heterocycles. The minimum atomic E-state index is -0.222. The molecule has 21 heavy (non-hydrogen) atoms. The Bertz CT molecular complexity index is 606. The lowest BCUT2D eigenvalue weighted by molar-refractivity contribution is 0.627. The lowest BCUT2D eigenvalue weighted by atomic mass is 10.2. The number of nitrogens with two attached hydrogens (primary N) is 1. The average Bonchev–Trinajstić information content (AvgIpc) is 3.02. The molecule has 0 aliphatic carbocycles. The molecule has 1 fully saturated rings. The molecule has 1 aromatic carbocycles. The summed E-state index contributed by atoms with van der Waals surface area (Å²) in [4.78, 5) is 6.82. The Morgan fingerprint density at radius 3 is 2.52 bits per heavy atom. The summed E-state index contributed by atoms with van der Waals surface area (Å²) >= 11 is 0. The van der Waals surface area contributed by atoms with Gasteiger partial charge >= 0.3 is 0 Å². The Kier molecular flexibility index (Phi) is 3.90. The first-order chi connectivity index (χ1) is 10.2. The van der Waals surface area contributed by atoms with Gasteiger partial charge in [-0.2, -0.15) is 0 Å². The van der Waals surface area contributed by atoms with Gasteiger partial charge in [-0.05, 0) is 42.7 Å². The highest BCUT2D eigenvalue weighted by Crippen LogP contribution is 2.26. The number of pyridine rings is 1. The van der Waals surface area contributed by atoms with Crippen molar-refractivity contribution in [1.82, 2.24) is 4.98 Å². The van der Waals surface area contributed by atoms with Gasteiger partial charge in [0.05, 0.1) is 5.69 Å². The van der Waals surface area contributed by atoms with Crippen LogP contribution in [0.4, 0.5) is 21.7 Å². The van der Waals surface area contributed by atoms with Crippen LogP contribution in [0.3, 0.4) is 0 Å². The van der Waals surface area contributed by atoms with E-state index in [2.05, 4.69) is 15.2 Å². The summed E-state index contributed by atoms with van der Waals surface area (Å²) in [6.45, 7) is 2.63. The molecule has 0 unspecified atom stereocenters. The second-order valence-electron chi connectivity index (χ2n) is 5.28. The normalized spacial score (nSPS) is 14.4. The van der Waals surface area contributed by atoms with Gasteiger partial charge in [0.1, 0.15) is 11.6 Å². The Balaban J connectivity index is 1.70. The van der Waals surface area contributed by atoms with Crippen LogP contribution in [0.25, 0.3) is 0 Å². The molecular weight excluding hydrogens is 267 g/mol. The molecule has 5 heteroatoms. The molecule has 0 atom stereocenters. The van der Waals surface area contributed by atoms with E-state index in [1.807, 2.05) is 12.1 Å². The molecule has 1 saturated heterocycles. The first-order valence-electron chi connectivity index (χ1n) is 7.22. The van der Waals surface area contributed by atoms with Crippen molar-refractivity contribution in [2.45, 2.75) is 19.4 Å². The summed E-state index contributed by atoms with van der Waals surface area (Å²) in [6, 6.07) is 10.2. The van der Waals surface area contributed by atoms with Gasteiger partial charge in [-0.3, -0.25) is 0 Å². The molecule has 3 N–H and O–H groups in total. The van der Waals surface area contributed by atoms with E-state index >= 15 is 0 Å². The fraction of sp³-hybridized carbons (Fsp3) is 0.312. The second-order valence-corrected chi connectivity index (χ2v) is 5.28. The van der Waals surface area contributed by atoms with Gasteiger partial charge in [-0.25, -0.2) is 9.37 Å². The van der Waals surface area contributed by atoms with Crippen LogP contribution < -0.4 is 16.0 Å². The Morgan fingerprint density at radius 2 is 1.81 bits per heavy atom. The van der Waals surface area contributed by atoms with Crippen molar-refractivity contribution in [2.24, 2.45) is 0 Å². The van der Waals surface area contributed by atoms with Crippen molar-refractivity contribution in [3.8, 4) is 0 Å². The number of hydrogen-bond donors (Lipinski definition) is 2. The van der Waals surface area contributed by atoms with Gasteiger partial charge in [-0.15, -0.1) is 0 Å². The van der Waals surface area contributed by atoms with E-state index in [4.69, 9.17) is 5.73 Å². The van der Waals surface area contributed by atoms with Crippen LogP contribution in [-0.4, -0.2) is 18.1 Å². The molecule has 0 saturated carbocycles. The van der Waals surface area contributed by atoms with E-state index in [9.17, 15) is 4.39 Å². The van der Waals surface area contributed by atoms with Gasteiger partial charge in [0.15, 0.2) is 5.82 Å². The Hall–Kier alpha value is -2.30. The molecule has 4 nitrogen and oxygen atoms in total. The maximum atomic E-state index is 12.9. The van der Waals surface area contributed by atoms with Crippen molar-refractivity contribution in [3.63, 3.8) is 0 Å². The summed E-state index contributed by atoms with van der Waals surface area (Å²) in [6.07, 6.45) is 2.38. The third kappa shape index (κ3) is 3.24. The van der Waals surface area contributed by atoms with E-state index in [1.54, 1.807) is 12.1 Å². The molecule has 0 bridgehead atoms. The predicted octanol–water partition coefficient (Wildman–Crippen LogP) is 3.02. The lowest BCUT2D eigenvalue weighted by Gasteiger charge is -2.19. The summed E-state index contributed by atoms with van der Waals surface area (Å²) in [5.41, 5.74) is 7.74. The van der Waals surface area contributed by atoms with E-state index < -0.39 is 0 Å². The van der Waals surface area contributed by atoms with Gasteiger partial charge < -0.3 is 16.0 Å². The number of nitrogens with zero attached hydrogens (tertiary/aromatic N) is 2. The molecule has 3 rings (SSSR count). The summed E-state index contributed by atoms with van der Waals surface area (Å²) in [5, 5.41) is 3.26. The highest BCUT2D eigenvalue weighted by Gasteiger charge is 2.16. The fourth-order valence-electron chi connectivity index (χ4n) is 2.53. The van der Waals surface area contributed by atoms with Crippen LogP contribution in [-0.2, 0) is 6.54 Å². The number of nitrogens with one attached hydrogen (secondary N) is 1. The zero-order valence-electron chi connectivity index (χ0n) is 11.8. The van der Waals surface area contributed by atoms with Crippen molar-refractivity contribution in [2.75, 3.05) is 29.0 Å². The first-order valence-corrected chi connectivity index (χ1v) is 7.22. The smallest absolute Gasteiger partial charge is 0.154 e. The van der Waals surface area contributed by atoms with Gasteiger partial charge in [0.25, 0.3) is 0 Å². The number of aromatic nitrogens is 1. The third-order valence-electron chi connectivity index (χ3n) is 3.70. The van der Waals surface area contributed by atoms with Crippen LogP contribution in [0, 0.1) is 5.82 Å². The molecule has 1 aliphatic rings. The molecule has 0 radical (unpaired) electrons. The minimum Gasteiger partial charge on any atom is -0.396 e. The maximum Gasteiger partial charge on any atom is 0.154 e. The average molecular weight is 286 g/mol. The second kappa shape index (κ2) is 5.99. The van der Waals surface area contributed by atoms with Crippen LogP contribution >= 0.6 is 0 Å². The van der Waals surface area contributed by atoms with Crippen LogP contribution in [0.2, 0.25) is 0 Å². The monoisotopic (exact) mass is 286 g/mol. The van der Waals surface area contributed by atoms with Crippen molar-refractivity contribution in [1.29, 1.82) is 0 Å². The van der Waals surface area contributed by atoms with Crippen LogP contribution in [0.1, 0.15) is 18.4 Å². The molecule has 1 aliphatic heterocycles. The fourth-order valence-corrected chi connectivity index (χ4v) is 2.53. The van der Waals surface area contributed by atoms with E-state index in [1.165, 1.54) is 25.0 Å². The number of benzene rings is 1. The van der Waals surface area contributed by atoms with Crippen molar-refractivity contribution in [3.05, 3.63) is 47.8 Å². The molecule has 2 heterocycles. The quantitative estimate of drug-likeness (QED) is 0.907. The molecule has 2 aromatic rings. The van der Waals surface area contributed by atoms with Gasteiger partial charge in [0.2, 0.25) is 0 Å². The first kappa shape index (κ1) is 13.7. The Labute approximate surface area is 123 Å². The van der Waals surface area contributed by atoms with Gasteiger partial charge in [0, 0.05) is 19.6 Å².